The highest BCUT2D eigenvalue weighted by Crippen LogP contribution is 2.32. The van der Waals surface area contributed by atoms with Crippen LogP contribution in [0.25, 0.3) is 0 Å². The van der Waals surface area contributed by atoms with Crippen LogP contribution >= 0.6 is 0 Å². The maximum absolute atomic E-state index is 14.7. The van der Waals surface area contributed by atoms with Gasteiger partial charge in [0.2, 0.25) is 35.2 Å². The van der Waals surface area contributed by atoms with E-state index < -0.39 is 88.9 Å². The Bertz CT molecular complexity index is 1800. The SMILES string of the molecule is CCCC(NC(=O)[C@H]1C[C@H](Oc2ccnc(C(F)(F)F)n2)CN1C(=O)C(NC(=O)C(NC(=O)c1cnccn1)C1CCCCC1)C(C)(C)C)C(=O)C(=O)NC1CCC1. The summed E-state index contributed by atoms with van der Waals surface area (Å²) < 4.78 is 46.2. The van der Waals surface area contributed by atoms with Gasteiger partial charge in [0, 0.05) is 37.1 Å². The van der Waals surface area contributed by atoms with Gasteiger partial charge in [-0.1, -0.05) is 53.4 Å². The van der Waals surface area contributed by atoms with E-state index in [0.29, 0.717) is 19.3 Å². The van der Waals surface area contributed by atoms with Crippen molar-refractivity contribution in [2.24, 2.45) is 11.3 Å². The number of alkyl halides is 3. The Morgan fingerprint density at radius 3 is 2.24 bits per heavy atom. The van der Waals surface area contributed by atoms with Gasteiger partial charge in [0.25, 0.3) is 11.8 Å². The molecule has 19 heteroatoms. The highest BCUT2D eigenvalue weighted by atomic mass is 19.4. The van der Waals surface area contributed by atoms with Crippen LogP contribution in [0.4, 0.5) is 13.2 Å². The zero-order chi connectivity index (χ0) is 42.2. The lowest BCUT2D eigenvalue weighted by Gasteiger charge is -2.37. The first-order valence-corrected chi connectivity index (χ1v) is 19.9. The molecule has 1 aliphatic heterocycles. The monoisotopic (exact) mass is 815 g/mol. The normalized spacial score (nSPS) is 20.5. The van der Waals surface area contributed by atoms with Crippen LogP contribution in [-0.2, 0) is 30.1 Å². The van der Waals surface area contributed by atoms with E-state index in [1.54, 1.807) is 27.7 Å². The number of carbonyl (C=O) groups excluding carboxylic acids is 6. The minimum Gasteiger partial charge on any atom is -0.472 e. The summed E-state index contributed by atoms with van der Waals surface area (Å²) in [7, 11) is 0. The Morgan fingerprint density at radius 1 is 0.914 bits per heavy atom. The van der Waals surface area contributed by atoms with Crippen molar-refractivity contribution in [3.05, 3.63) is 42.4 Å². The van der Waals surface area contributed by atoms with Gasteiger partial charge in [0.05, 0.1) is 18.8 Å². The fraction of sp³-hybridized carbons (Fsp3) is 0.641. The highest BCUT2D eigenvalue weighted by Gasteiger charge is 2.48. The van der Waals surface area contributed by atoms with Gasteiger partial charge in [-0.25, -0.2) is 9.97 Å². The number of likely N-dealkylation sites (tertiary alicyclic amines) is 1. The smallest absolute Gasteiger partial charge is 0.451 e. The molecule has 2 aromatic heterocycles. The third-order valence-corrected chi connectivity index (χ3v) is 10.8. The molecule has 5 atom stereocenters. The maximum atomic E-state index is 14.7. The van der Waals surface area contributed by atoms with Gasteiger partial charge < -0.3 is 30.9 Å². The maximum Gasteiger partial charge on any atom is 0.451 e. The molecule has 1 saturated heterocycles. The highest BCUT2D eigenvalue weighted by molar-refractivity contribution is 6.38. The number of aromatic nitrogens is 4. The first-order chi connectivity index (χ1) is 27.5. The first kappa shape index (κ1) is 43.9. The van der Waals surface area contributed by atoms with Crippen molar-refractivity contribution in [3.8, 4) is 5.88 Å². The average molecular weight is 816 g/mol. The summed E-state index contributed by atoms with van der Waals surface area (Å²) in [6.07, 6.45) is 5.63. The quantitative estimate of drug-likeness (QED) is 0.192. The van der Waals surface area contributed by atoms with Gasteiger partial charge in [-0.05, 0) is 49.9 Å². The van der Waals surface area contributed by atoms with E-state index in [9.17, 15) is 41.9 Å². The Balaban J connectivity index is 1.42. The van der Waals surface area contributed by atoms with Gasteiger partial charge in [-0.2, -0.15) is 18.2 Å². The van der Waals surface area contributed by atoms with E-state index in [4.69, 9.17) is 4.74 Å². The fourth-order valence-electron chi connectivity index (χ4n) is 7.43. The Hall–Kier alpha value is -5.23. The van der Waals surface area contributed by atoms with E-state index in [1.165, 1.54) is 18.6 Å². The van der Waals surface area contributed by atoms with Crippen molar-refractivity contribution in [2.75, 3.05) is 6.54 Å². The lowest BCUT2D eigenvalue weighted by molar-refractivity contribution is -0.145. The van der Waals surface area contributed by atoms with E-state index in [0.717, 1.165) is 55.7 Å². The fourth-order valence-corrected chi connectivity index (χ4v) is 7.43. The summed E-state index contributed by atoms with van der Waals surface area (Å²) in [6.45, 7) is 6.58. The molecule has 3 heterocycles. The predicted molar refractivity (Wildman–Crippen MR) is 200 cm³/mol. The molecule has 3 fully saturated rings. The third kappa shape index (κ3) is 11.2. The number of amides is 5. The van der Waals surface area contributed by atoms with Gasteiger partial charge in [-0.15, -0.1) is 0 Å². The number of hydrogen-bond acceptors (Lipinski definition) is 11. The zero-order valence-corrected chi connectivity index (χ0v) is 33.1. The van der Waals surface area contributed by atoms with Crippen LogP contribution in [0.2, 0.25) is 0 Å². The number of ether oxygens (including phenoxy) is 1. The van der Waals surface area contributed by atoms with Gasteiger partial charge in [0.15, 0.2) is 0 Å². The predicted octanol–water partition coefficient (Wildman–Crippen LogP) is 3.07. The van der Waals surface area contributed by atoms with Gasteiger partial charge >= 0.3 is 6.18 Å². The third-order valence-electron chi connectivity index (χ3n) is 10.8. The molecule has 0 aromatic carbocycles. The van der Waals surface area contributed by atoms with Gasteiger partial charge in [-0.3, -0.25) is 33.8 Å². The molecule has 5 rings (SSSR count). The summed E-state index contributed by atoms with van der Waals surface area (Å²) >= 11 is 0. The van der Waals surface area contributed by atoms with Crippen molar-refractivity contribution in [3.63, 3.8) is 0 Å². The number of hydrogen-bond donors (Lipinski definition) is 4. The van der Waals surface area contributed by atoms with E-state index in [1.807, 2.05) is 0 Å². The molecule has 2 saturated carbocycles. The summed E-state index contributed by atoms with van der Waals surface area (Å²) in [4.78, 5) is 98.4. The van der Waals surface area contributed by atoms with Crippen LogP contribution in [0, 0.1) is 11.3 Å². The molecule has 0 spiro atoms. The van der Waals surface area contributed by atoms with Crippen molar-refractivity contribution < 1.29 is 46.7 Å². The zero-order valence-electron chi connectivity index (χ0n) is 33.1. The summed E-state index contributed by atoms with van der Waals surface area (Å²) in [5, 5.41) is 11.0. The summed E-state index contributed by atoms with van der Waals surface area (Å²) in [6, 6.07) is -3.91. The van der Waals surface area contributed by atoms with Gasteiger partial charge in [0.1, 0.15) is 29.9 Å². The molecule has 3 unspecified atom stereocenters. The minimum absolute atomic E-state index is 0.00272. The van der Waals surface area contributed by atoms with E-state index >= 15 is 0 Å². The molecular formula is C39H52F3N9O7. The van der Waals surface area contributed by atoms with Crippen LogP contribution in [0.5, 0.6) is 5.88 Å². The molecule has 316 valence electrons. The standard InChI is InChI=1S/C39H52F3N9O7/c1-5-10-25(30(52)35(56)46-23-13-9-14-23)47-33(54)27-19-24(58-28-15-16-45-37(48-28)39(40,41)42)21-51(27)36(57)31(38(2,3)4)50-34(55)29(22-11-7-6-8-12-22)49-32(53)26-20-43-17-18-44-26/h15-18,20,22-25,27,29,31H,5-14,19,21H2,1-4H3,(H,46,56)(H,47,54)(H,49,53)(H,50,55)/t24-,25?,27+,29?,31?/m0/s1. The lowest BCUT2D eigenvalue weighted by Crippen LogP contribution is -2.62. The van der Waals surface area contributed by atoms with Crippen LogP contribution < -0.4 is 26.0 Å². The molecule has 58 heavy (non-hydrogen) atoms. The van der Waals surface area contributed by atoms with Crippen LogP contribution in [0.3, 0.4) is 0 Å². The number of carbonyl (C=O) groups is 6. The number of halogens is 3. The second kappa shape index (κ2) is 19.0. The van der Waals surface area contributed by atoms with Crippen molar-refractivity contribution >= 4 is 35.3 Å². The summed E-state index contributed by atoms with van der Waals surface area (Å²) in [5.41, 5.74) is -0.976. The number of nitrogens with one attached hydrogen (secondary N) is 4. The minimum atomic E-state index is -4.87. The van der Waals surface area contributed by atoms with Crippen molar-refractivity contribution in [1.29, 1.82) is 0 Å². The number of nitrogens with zero attached hydrogens (tertiary/aromatic N) is 5. The van der Waals surface area contributed by atoms with Crippen LogP contribution in [-0.4, -0.2) is 103 Å². The first-order valence-electron chi connectivity index (χ1n) is 19.9. The molecule has 5 amide bonds. The second-order valence-corrected chi connectivity index (χ2v) is 16.3. The Kier molecular flexibility index (Phi) is 14.4. The topological polar surface area (TPSA) is 215 Å². The van der Waals surface area contributed by atoms with Crippen LogP contribution in [0.1, 0.15) is 115 Å². The average Bonchev–Trinajstić information content (AvgIpc) is 3.60. The molecule has 16 nitrogen and oxygen atoms in total. The molecule has 0 bridgehead atoms. The van der Waals surface area contributed by atoms with Crippen LogP contribution in [0.15, 0.2) is 30.9 Å². The number of Topliss-reactive ketones (excluding diaryl/α,β-unsaturated/α-hetero) is 1. The number of ketones is 1. The second-order valence-electron chi connectivity index (χ2n) is 16.3. The molecule has 2 aliphatic carbocycles. The summed E-state index contributed by atoms with van der Waals surface area (Å²) in [5.74, 6) is -6.57. The molecule has 0 radical (unpaired) electrons. The molecule has 4 N–H and O–H groups in total. The lowest BCUT2D eigenvalue weighted by atomic mass is 9.82. The largest absolute Gasteiger partial charge is 0.472 e. The Morgan fingerprint density at radius 2 is 1.64 bits per heavy atom. The Labute approximate surface area is 334 Å². The molecular weight excluding hydrogens is 763 g/mol. The molecule has 3 aliphatic rings. The van der Waals surface area contributed by atoms with Crippen molar-refractivity contribution in [1.82, 2.24) is 46.1 Å². The molecule has 2 aromatic rings. The van der Waals surface area contributed by atoms with E-state index in [-0.39, 0.29) is 37.0 Å². The number of rotatable bonds is 15. The van der Waals surface area contributed by atoms with Crippen molar-refractivity contribution in [2.45, 2.75) is 141 Å². The van der Waals surface area contributed by atoms with E-state index in [2.05, 4.69) is 41.2 Å².